The summed E-state index contributed by atoms with van der Waals surface area (Å²) in [5, 5.41) is 9.90. The number of carbonyl (C=O) groups excluding carboxylic acids is 1. The van der Waals surface area contributed by atoms with E-state index in [9.17, 15) is 9.90 Å². The second-order valence-corrected chi connectivity index (χ2v) is 5.21. The fourth-order valence-corrected chi connectivity index (χ4v) is 2.15. The van der Waals surface area contributed by atoms with Gasteiger partial charge in [-0.1, -0.05) is 6.07 Å². The van der Waals surface area contributed by atoms with Crippen LogP contribution in [0.1, 0.15) is 28.5 Å². The van der Waals surface area contributed by atoms with Crippen molar-refractivity contribution in [2.45, 2.75) is 19.9 Å². The number of phenolic OH excluding ortho intramolecular Hbond substituents is 1. The first-order chi connectivity index (χ1) is 10.1. The van der Waals surface area contributed by atoms with Gasteiger partial charge in [0.2, 0.25) is 0 Å². The molecule has 0 radical (unpaired) electrons. The zero-order chi connectivity index (χ0) is 15.2. The van der Waals surface area contributed by atoms with E-state index in [1.807, 2.05) is 25.2 Å². The van der Waals surface area contributed by atoms with Crippen LogP contribution in [0.25, 0.3) is 0 Å². The van der Waals surface area contributed by atoms with Crippen LogP contribution in [-0.2, 0) is 13.0 Å². The van der Waals surface area contributed by atoms with Crippen molar-refractivity contribution in [3.8, 4) is 5.75 Å². The highest BCUT2D eigenvalue weighted by Crippen LogP contribution is 2.20. The molecule has 0 aliphatic carbocycles. The molecule has 21 heavy (non-hydrogen) atoms. The van der Waals surface area contributed by atoms with Gasteiger partial charge in [0.25, 0.3) is 0 Å². The smallest absolute Gasteiger partial charge is 0.159 e. The molecule has 4 nitrogen and oxygen atoms in total. The zero-order valence-corrected chi connectivity index (χ0v) is 12.4. The van der Waals surface area contributed by atoms with Gasteiger partial charge in [-0.25, -0.2) is 0 Å². The number of phenols is 1. The van der Waals surface area contributed by atoms with Gasteiger partial charge in [0, 0.05) is 42.5 Å². The number of aromatic nitrogens is 1. The Hall–Kier alpha value is -2.20. The number of nitrogens with zero attached hydrogens (tertiary/aromatic N) is 2. The molecular weight excluding hydrogens is 264 g/mol. The first-order valence-electron chi connectivity index (χ1n) is 6.97. The quantitative estimate of drug-likeness (QED) is 0.829. The van der Waals surface area contributed by atoms with E-state index in [1.165, 1.54) is 6.92 Å². The van der Waals surface area contributed by atoms with Gasteiger partial charge >= 0.3 is 0 Å². The lowest BCUT2D eigenvalue weighted by Gasteiger charge is -2.17. The molecule has 1 N–H and O–H groups in total. The zero-order valence-electron chi connectivity index (χ0n) is 12.4. The summed E-state index contributed by atoms with van der Waals surface area (Å²) in [6.45, 7) is 2.96. The van der Waals surface area contributed by atoms with Gasteiger partial charge in [-0.2, -0.15) is 0 Å². The lowest BCUT2D eigenvalue weighted by Crippen LogP contribution is -2.21. The first-order valence-corrected chi connectivity index (χ1v) is 6.97. The third kappa shape index (κ3) is 4.39. The van der Waals surface area contributed by atoms with E-state index in [-0.39, 0.29) is 11.5 Å². The number of ketones is 1. The molecule has 0 atom stereocenters. The van der Waals surface area contributed by atoms with Crippen molar-refractivity contribution in [1.29, 1.82) is 0 Å². The number of hydrogen-bond donors (Lipinski definition) is 1. The Kier molecular flexibility index (Phi) is 5.06. The molecule has 1 heterocycles. The lowest BCUT2D eigenvalue weighted by atomic mass is 10.1. The highest BCUT2D eigenvalue weighted by Gasteiger charge is 2.09. The van der Waals surface area contributed by atoms with E-state index in [0.717, 1.165) is 24.2 Å². The highest BCUT2D eigenvalue weighted by molar-refractivity contribution is 5.94. The van der Waals surface area contributed by atoms with Crippen molar-refractivity contribution in [2.24, 2.45) is 0 Å². The van der Waals surface area contributed by atoms with Crippen molar-refractivity contribution < 1.29 is 9.90 Å². The maximum atomic E-state index is 11.4. The molecule has 0 amide bonds. The molecule has 1 aromatic carbocycles. The van der Waals surface area contributed by atoms with E-state index in [4.69, 9.17) is 0 Å². The maximum Gasteiger partial charge on any atom is 0.159 e. The molecule has 0 saturated heterocycles. The van der Waals surface area contributed by atoms with Gasteiger partial charge in [0.05, 0.1) is 0 Å². The SMILES string of the molecule is CC(=O)c1ccc(O)c(CN(C)CCc2ccccn2)c1. The topological polar surface area (TPSA) is 53.4 Å². The molecule has 2 aromatic rings. The van der Waals surface area contributed by atoms with Crippen LogP contribution in [0.3, 0.4) is 0 Å². The molecule has 0 aliphatic rings. The number of pyridine rings is 1. The monoisotopic (exact) mass is 284 g/mol. The van der Waals surface area contributed by atoms with Crippen molar-refractivity contribution >= 4 is 5.78 Å². The minimum absolute atomic E-state index is 0.00684. The van der Waals surface area contributed by atoms with Gasteiger partial charge in [-0.05, 0) is 44.3 Å². The number of Topliss-reactive ketones (excluding diaryl/α,β-unsaturated/α-hetero) is 1. The molecule has 0 spiro atoms. The van der Waals surface area contributed by atoms with Crippen LogP contribution in [-0.4, -0.2) is 34.4 Å². The van der Waals surface area contributed by atoms with Gasteiger partial charge in [0.15, 0.2) is 5.78 Å². The molecule has 2 rings (SSSR count). The van der Waals surface area contributed by atoms with Crippen molar-refractivity contribution in [1.82, 2.24) is 9.88 Å². The largest absolute Gasteiger partial charge is 0.508 e. The molecule has 0 saturated carbocycles. The van der Waals surface area contributed by atoms with Crippen molar-refractivity contribution in [2.75, 3.05) is 13.6 Å². The van der Waals surface area contributed by atoms with E-state index in [0.29, 0.717) is 12.1 Å². The summed E-state index contributed by atoms with van der Waals surface area (Å²) in [5.74, 6) is 0.233. The van der Waals surface area contributed by atoms with Crippen LogP contribution >= 0.6 is 0 Å². The molecule has 1 aromatic heterocycles. The minimum Gasteiger partial charge on any atom is -0.508 e. The Bertz CT molecular complexity index is 611. The number of benzene rings is 1. The number of likely N-dealkylation sites (N-methyl/N-ethyl adjacent to an activating group) is 1. The number of rotatable bonds is 6. The summed E-state index contributed by atoms with van der Waals surface area (Å²) in [6, 6.07) is 10.9. The standard InChI is InChI=1S/C17H20N2O2/c1-13(20)14-6-7-17(21)15(11-14)12-19(2)10-8-16-5-3-4-9-18-16/h3-7,9,11,21H,8,10,12H2,1-2H3. The van der Waals surface area contributed by atoms with Gasteiger partial charge < -0.3 is 10.0 Å². The average Bonchev–Trinajstić information content (AvgIpc) is 2.48. The van der Waals surface area contributed by atoms with Gasteiger partial charge in [0.1, 0.15) is 5.75 Å². The van der Waals surface area contributed by atoms with Crippen LogP contribution in [0.15, 0.2) is 42.6 Å². The normalized spacial score (nSPS) is 10.8. The van der Waals surface area contributed by atoms with Gasteiger partial charge in [-0.15, -0.1) is 0 Å². The third-order valence-electron chi connectivity index (χ3n) is 3.40. The number of carbonyl (C=O) groups is 1. The molecule has 0 bridgehead atoms. The Morgan fingerprint density at radius 3 is 2.76 bits per heavy atom. The molecule has 110 valence electrons. The number of aromatic hydroxyl groups is 1. The second kappa shape index (κ2) is 6.99. The summed E-state index contributed by atoms with van der Waals surface area (Å²) >= 11 is 0. The van der Waals surface area contributed by atoms with Crippen molar-refractivity contribution in [3.63, 3.8) is 0 Å². The Morgan fingerprint density at radius 2 is 2.10 bits per heavy atom. The average molecular weight is 284 g/mol. The molecular formula is C17H20N2O2. The number of hydrogen-bond acceptors (Lipinski definition) is 4. The van der Waals surface area contributed by atoms with Crippen LogP contribution in [0.2, 0.25) is 0 Å². The lowest BCUT2D eigenvalue weighted by molar-refractivity contribution is 0.101. The van der Waals surface area contributed by atoms with Crippen LogP contribution < -0.4 is 0 Å². The Balaban J connectivity index is 1.97. The summed E-state index contributed by atoms with van der Waals surface area (Å²) in [4.78, 5) is 17.8. The minimum atomic E-state index is 0.00684. The van der Waals surface area contributed by atoms with E-state index in [1.54, 1.807) is 24.4 Å². The summed E-state index contributed by atoms with van der Waals surface area (Å²) in [6.07, 6.45) is 2.64. The Morgan fingerprint density at radius 1 is 1.29 bits per heavy atom. The van der Waals surface area contributed by atoms with Crippen LogP contribution in [0, 0.1) is 0 Å². The first kappa shape index (κ1) is 15.2. The van der Waals surface area contributed by atoms with Gasteiger partial charge in [-0.3, -0.25) is 9.78 Å². The fraction of sp³-hybridized carbons (Fsp3) is 0.294. The summed E-state index contributed by atoms with van der Waals surface area (Å²) in [7, 11) is 1.99. The summed E-state index contributed by atoms with van der Waals surface area (Å²) in [5.41, 5.74) is 2.44. The van der Waals surface area contributed by atoms with E-state index >= 15 is 0 Å². The van der Waals surface area contributed by atoms with E-state index < -0.39 is 0 Å². The maximum absolute atomic E-state index is 11.4. The van der Waals surface area contributed by atoms with Crippen LogP contribution in [0.4, 0.5) is 0 Å². The predicted octanol–water partition coefficient (Wildman–Crippen LogP) is 2.66. The van der Waals surface area contributed by atoms with E-state index in [2.05, 4.69) is 9.88 Å². The molecule has 4 heteroatoms. The second-order valence-electron chi connectivity index (χ2n) is 5.21. The molecule has 0 unspecified atom stereocenters. The fourth-order valence-electron chi connectivity index (χ4n) is 2.15. The molecule has 0 aliphatic heterocycles. The summed E-state index contributed by atoms with van der Waals surface area (Å²) < 4.78 is 0. The predicted molar refractivity (Wildman–Crippen MR) is 82.4 cm³/mol. The van der Waals surface area contributed by atoms with Crippen LogP contribution in [0.5, 0.6) is 5.75 Å². The van der Waals surface area contributed by atoms with Crippen molar-refractivity contribution in [3.05, 3.63) is 59.4 Å². The third-order valence-corrected chi connectivity index (χ3v) is 3.40. The highest BCUT2D eigenvalue weighted by atomic mass is 16.3. The Labute approximate surface area is 125 Å². The molecule has 0 fully saturated rings.